The maximum Gasteiger partial charge on any atom is 0.227 e. The average Bonchev–Trinajstić information content (AvgIpc) is 3.19. The first-order valence-corrected chi connectivity index (χ1v) is 8.82. The highest BCUT2D eigenvalue weighted by atomic mass is 32.1. The van der Waals surface area contributed by atoms with Crippen molar-refractivity contribution < 1.29 is 9.59 Å². The van der Waals surface area contributed by atoms with Crippen molar-refractivity contribution in [2.24, 2.45) is 11.8 Å². The van der Waals surface area contributed by atoms with Gasteiger partial charge in [0, 0.05) is 25.1 Å². The van der Waals surface area contributed by atoms with Gasteiger partial charge in [0.15, 0.2) is 5.13 Å². The third-order valence-electron chi connectivity index (χ3n) is 4.04. The van der Waals surface area contributed by atoms with Crippen molar-refractivity contribution in [3.63, 3.8) is 0 Å². The summed E-state index contributed by atoms with van der Waals surface area (Å²) < 4.78 is 0. The number of aromatic nitrogens is 2. The Morgan fingerprint density at radius 2 is 2.17 bits per heavy atom. The summed E-state index contributed by atoms with van der Waals surface area (Å²) in [6.45, 7) is 4.31. The van der Waals surface area contributed by atoms with E-state index >= 15 is 0 Å². The van der Waals surface area contributed by atoms with Crippen molar-refractivity contribution >= 4 is 28.3 Å². The lowest BCUT2D eigenvalue weighted by Gasteiger charge is -2.04. The maximum absolute atomic E-state index is 12.0. The molecule has 1 fully saturated rings. The van der Waals surface area contributed by atoms with Crippen LogP contribution in [0.1, 0.15) is 25.5 Å². The molecule has 2 heterocycles. The summed E-state index contributed by atoms with van der Waals surface area (Å²) in [7, 11) is 0. The van der Waals surface area contributed by atoms with Crippen molar-refractivity contribution in [1.82, 2.24) is 15.3 Å². The average molecular weight is 344 g/mol. The topological polar surface area (TPSA) is 84.0 Å². The lowest BCUT2D eigenvalue weighted by molar-refractivity contribution is -0.122. The molecule has 0 unspecified atom stereocenters. The number of carbonyl (C=O) groups excluding carboxylic acids is 2. The zero-order chi connectivity index (χ0) is 17.1. The van der Waals surface area contributed by atoms with Crippen LogP contribution in [0.15, 0.2) is 24.4 Å². The number of carbonyl (C=O) groups is 2. The van der Waals surface area contributed by atoms with E-state index in [0.717, 1.165) is 22.7 Å². The maximum atomic E-state index is 12.0. The standard InChI is InChI=1S/C17H20N4O2S/c1-10-9-12(10)16(23)19-8-6-14(22)21-17-20-11(2)15(24-17)13-5-3-4-7-18-13/h3-5,7,10,12H,6,8-9H2,1-2H3,(H,19,23)(H,20,21,22)/t10-,12-/m1/s1. The van der Waals surface area contributed by atoms with E-state index in [1.165, 1.54) is 11.3 Å². The fraction of sp³-hybridized carbons (Fsp3) is 0.412. The number of hydrogen-bond donors (Lipinski definition) is 2. The third kappa shape index (κ3) is 3.97. The molecule has 6 nitrogen and oxygen atoms in total. The van der Waals surface area contributed by atoms with Gasteiger partial charge in [0.2, 0.25) is 11.8 Å². The molecule has 2 aromatic heterocycles. The quantitative estimate of drug-likeness (QED) is 0.844. The number of rotatable bonds is 6. The molecule has 2 amide bonds. The molecule has 0 saturated heterocycles. The summed E-state index contributed by atoms with van der Waals surface area (Å²) >= 11 is 1.40. The zero-order valence-corrected chi connectivity index (χ0v) is 14.5. The van der Waals surface area contributed by atoms with Gasteiger partial charge >= 0.3 is 0 Å². The molecule has 24 heavy (non-hydrogen) atoms. The highest BCUT2D eigenvalue weighted by Gasteiger charge is 2.38. The molecule has 0 spiro atoms. The van der Waals surface area contributed by atoms with E-state index in [1.54, 1.807) is 6.20 Å². The first-order valence-electron chi connectivity index (χ1n) is 8.01. The van der Waals surface area contributed by atoms with Crippen LogP contribution in [-0.4, -0.2) is 28.3 Å². The fourth-order valence-corrected chi connectivity index (χ4v) is 3.44. The van der Waals surface area contributed by atoms with Gasteiger partial charge in [-0.25, -0.2) is 4.98 Å². The minimum atomic E-state index is -0.152. The molecule has 0 aromatic carbocycles. The molecule has 7 heteroatoms. The Kier molecular flexibility index (Phi) is 4.89. The molecule has 0 radical (unpaired) electrons. The van der Waals surface area contributed by atoms with Crippen molar-refractivity contribution in [2.75, 3.05) is 11.9 Å². The van der Waals surface area contributed by atoms with Crippen LogP contribution in [0, 0.1) is 18.8 Å². The van der Waals surface area contributed by atoms with E-state index in [1.807, 2.05) is 25.1 Å². The molecule has 1 aliphatic rings. The molecule has 2 aromatic rings. The van der Waals surface area contributed by atoms with Crippen LogP contribution in [0.5, 0.6) is 0 Å². The summed E-state index contributed by atoms with van der Waals surface area (Å²) in [5.74, 6) is 0.510. The van der Waals surface area contributed by atoms with E-state index in [2.05, 4.69) is 27.5 Å². The van der Waals surface area contributed by atoms with Gasteiger partial charge in [-0.05, 0) is 31.4 Å². The Labute approximate surface area is 144 Å². The summed E-state index contributed by atoms with van der Waals surface area (Å²) in [5.41, 5.74) is 1.68. The van der Waals surface area contributed by atoms with Gasteiger partial charge in [0.1, 0.15) is 0 Å². The number of pyridine rings is 1. The predicted molar refractivity (Wildman–Crippen MR) is 93.6 cm³/mol. The molecule has 126 valence electrons. The monoisotopic (exact) mass is 344 g/mol. The summed E-state index contributed by atoms with van der Waals surface area (Å²) in [4.78, 5) is 33.3. The number of nitrogens with zero attached hydrogens (tertiary/aromatic N) is 2. The van der Waals surface area contributed by atoms with Crippen LogP contribution in [0.25, 0.3) is 10.6 Å². The second-order valence-electron chi connectivity index (χ2n) is 6.06. The fourth-order valence-electron chi connectivity index (χ4n) is 2.48. The van der Waals surface area contributed by atoms with Crippen LogP contribution >= 0.6 is 11.3 Å². The lowest BCUT2D eigenvalue weighted by Crippen LogP contribution is -2.29. The predicted octanol–water partition coefficient (Wildman–Crippen LogP) is 2.61. The Hall–Kier alpha value is -2.28. The van der Waals surface area contributed by atoms with Gasteiger partial charge in [-0.15, -0.1) is 0 Å². The minimum absolute atomic E-state index is 0.0535. The van der Waals surface area contributed by atoms with E-state index in [-0.39, 0.29) is 24.2 Å². The lowest BCUT2D eigenvalue weighted by atomic mass is 10.3. The van der Waals surface area contributed by atoms with Gasteiger partial charge in [-0.2, -0.15) is 0 Å². The SMILES string of the molecule is Cc1nc(NC(=O)CCNC(=O)[C@@H]2C[C@H]2C)sc1-c1ccccn1. The Balaban J connectivity index is 1.51. The number of anilines is 1. The summed E-state index contributed by atoms with van der Waals surface area (Å²) in [5, 5.41) is 6.15. The molecule has 2 atom stereocenters. The van der Waals surface area contributed by atoms with Crippen LogP contribution < -0.4 is 10.6 Å². The van der Waals surface area contributed by atoms with Crippen molar-refractivity contribution in [1.29, 1.82) is 0 Å². The number of nitrogens with one attached hydrogen (secondary N) is 2. The van der Waals surface area contributed by atoms with E-state index in [4.69, 9.17) is 0 Å². The van der Waals surface area contributed by atoms with Crippen molar-refractivity contribution in [3.05, 3.63) is 30.1 Å². The van der Waals surface area contributed by atoms with Gasteiger partial charge in [-0.1, -0.05) is 24.3 Å². The van der Waals surface area contributed by atoms with Gasteiger partial charge in [-0.3, -0.25) is 14.6 Å². The van der Waals surface area contributed by atoms with E-state index in [0.29, 0.717) is 17.6 Å². The van der Waals surface area contributed by atoms with Crippen LogP contribution in [0.4, 0.5) is 5.13 Å². The molecule has 1 aliphatic carbocycles. The third-order valence-corrected chi connectivity index (χ3v) is 5.13. The van der Waals surface area contributed by atoms with Crippen molar-refractivity contribution in [3.8, 4) is 10.6 Å². The number of aryl methyl sites for hydroxylation is 1. The summed E-state index contributed by atoms with van der Waals surface area (Å²) in [6.07, 6.45) is 2.92. The Bertz CT molecular complexity index is 744. The zero-order valence-electron chi connectivity index (χ0n) is 13.7. The first kappa shape index (κ1) is 16.6. The Morgan fingerprint density at radius 3 is 2.83 bits per heavy atom. The largest absolute Gasteiger partial charge is 0.355 e. The molecule has 1 saturated carbocycles. The number of amides is 2. The minimum Gasteiger partial charge on any atom is -0.355 e. The van der Waals surface area contributed by atoms with Crippen LogP contribution in [0.2, 0.25) is 0 Å². The van der Waals surface area contributed by atoms with Gasteiger partial charge in [0.25, 0.3) is 0 Å². The molecule has 2 N–H and O–H groups in total. The number of thiazole rings is 1. The van der Waals surface area contributed by atoms with Gasteiger partial charge in [0.05, 0.1) is 16.3 Å². The molecular weight excluding hydrogens is 324 g/mol. The smallest absolute Gasteiger partial charge is 0.227 e. The van der Waals surface area contributed by atoms with Crippen molar-refractivity contribution in [2.45, 2.75) is 26.7 Å². The van der Waals surface area contributed by atoms with Gasteiger partial charge < -0.3 is 10.6 Å². The number of hydrogen-bond acceptors (Lipinski definition) is 5. The Morgan fingerprint density at radius 1 is 1.38 bits per heavy atom. The second-order valence-corrected chi connectivity index (χ2v) is 7.06. The van der Waals surface area contributed by atoms with E-state index in [9.17, 15) is 9.59 Å². The summed E-state index contributed by atoms with van der Waals surface area (Å²) in [6, 6.07) is 5.70. The highest BCUT2D eigenvalue weighted by Crippen LogP contribution is 2.37. The van der Waals surface area contributed by atoms with Crippen LogP contribution in [-0.2, 0) is 9.59 Å². The van der Waals surface area contributed by atoms with Crippen LogP contribution in [0.3, 0.4) is 0 Å². The first-order chi connectivity index (χ1) is 11.5. The highest BCUT2D eigenvalue weighted by molar-refractivity contribution is 7.19. The molecular formula is C17H20N4O2S. The second kappa shape index (κ2) is 7.09. The molecule has 3 rings (SSSR count). The van der Waals surface area contributed by atoms with E-state index < -0.39 is 0 Å². The molecule has 0 bridgehead atoms. The normalized spacial score (nSPS) is 18.9. The molecule has 0 aliphatic heterocycles.